The zero-order valence-corrected chi connectivity index (χ0v) is 19.6. The molecule has 0 aliphatic carbocycles. The average molecular weight is 461 g/mol. The Morgan fingerprint density at radius 2 is 1.52 bits per heavy atom. The monoisotopic (exact) mass is 460 g/mol. The third-order valence-corrected chi connectivity index (χ3v) is 6.92. The molecule has 0 radical (unpaired) electrons. The van der Waals surface area contributed by atoms with E-state index in [1.54, 1.807) is 24.3 Å². The highest BCUT2D eigenvalue weighted by atomic mass is 32.1. The highest BCUT2D eigenvalue weighted by Gasteiger charge is 2.21. The van der Waals surface area contributed by atoms with E-state index in [-0.39, 0.29) is 11.8 Å². The van der Waals surface area contributed by atoms with Gasteiger partial charge in [0.15, 0.2) is 5.13 Å². The van der Waals surface area contributed by atoms with Crippen LogP contribution in [0.15, 0.2) is 36.4 Å². The van der Waals surface area contributed by atoms with Gasteiger partial charge in [0.05, 0.1) is 32.6 Å². The lowest BCUT2D eigenvalue weighted by Crippen LogP contribution is -2.47. The topological polar surface area (TPSA) is 91.3 Å². The van der Waals surface area contributed by atoms with E-state index in [4.69, 9.17) is 0 Å². The number of carbonyl (C=O) groups excluding carboxylic acids is 2. The third-order valence-electron chi connectivity index (χ3n) is 5.98. The minimum Gasteiger partial charge on any atom is -0.336 e. The molecule has 0 saturated carbocycles. The van der Waals surface area contributed by atoms with Crippen LogP contribution in [0.5, 0.6) is 0 Å². The summed E-state index contributed by atoms with van der Waals surface area (Å²) in [5.74, 6) is -0.225. The Hall–Kier alpha value is -3.43. The maximum absolute atomic E-state index is 12.9. The number of carbonyl (C=O) groups is 2. The maximum Gasteiger partial charge on any atom is 0.257 e. The molecule has 1 fully saturated rings. The van der Waals surface area contributed by atoms with Crippen LogP contribution in [0.4, 0.5) is 5.13 Å². The number of hydrogen-bond donors (Lipinski definition) is 1. The molecule has 0 bridgehead atoms. The molecule has 3 heterocycles. The first-order chi connectivity index (χ1) is 15.9. The number of likely N-dealkylation sites (N-methyl/N-ethyl adjacent to an activating group) is 1. The number of fused-ring (bicyclic) bond motifs is 2. The molecule has 4 aromatic rings. The summed E-state index contributed by atoms with van der Waals surface area (Å²) in [6.45, 7) is 7.03. The van der Waals surface area contributed by atoms with E-state index in [9.17, 15) is 9.59 Å². The second-order valence-corrected chi connectivity index (χ2v) is 9.38. The van der Waals surface area contributed by atoms with Crippen molar-refractivity contribution in [3.05, 3.63) is 58.9 Å². The lowest BCUT2D eigenvalue weighted by atomic mass is 10.1. The average Bonchev–Trinajstić information content (AvgIpc) is 3.21. The molecule has 1 aliphatic heterocycles. The standard InChI is InChI=1S/C24H24N6O2S/c1-14-15(2)26-20-12-16(4-6-18(20)25-14)22(31)28-24-27-19-7-5-17(13-21(19)33-24)23(32)30-10-8-29(3)9-11-30/h4-7,12-13H,8-11H2,1-3H3,(H,27,28,31). The second-order valence-electron chi connectivity index (χ2n) is 8.35. The number of nitrogens with zero attached hydrogens (tertiary/aromatic N) is 5. The number of benzene rings is 2. The van der Waals surface area contributed by atoms with Crippen LogP contribution < -0.4 is 5.32 Å². The van der Waals surface area contributed by atoms with Gasteiger partial charge in [-0.15, -0.1) is 0 Å². The van der Waals surface area contributed by atoms with Gasteiger partial charge in [0.2, 0.25) is 0 Å². The summed E-state index contributed by atoms with van der Waals surface area (Å²) in [5.41, 5.74) is 5.04. The van der Waals surface area contributed by atoms with E-state index in [0.29, 0.717) is 21.8 Å². The minimum atomic E-state index is -0.260. The molecule has 1 saturated heterocycles. The molecule has 9 heteroatoms. The number of thiazole rings is 1. The molecule has 0 atom stereocenters. The summed E-state index contributed by atoms with van der Waals surface area (Å²) in [7, 11) is 2.06. The Morgan fingerprint density at radius 1 is 0.848 bits per heavy atom. The van der Waals surface area contributed by atoms with E-state index < -0.39 is 0 Å². The SMILES string of the molecule is Cc1nc2ccc(C(=O)Nc3nc4ccc(C(=O)N5CCN(C)CC5)cc4s3)cc2nc1C. The molecule has 8 nitrogen and oxygen atoms in total. The molecule has 2 aromatic carbocycles. The fraction of sp³-hybridized carbons (Fsp3) is 0.292. The predicted molar refractivity (Wildman–Crippen MR) is 130 cm³/mol. The summed E-state index contributed by atoms with van der Waals surface area (Å²) >= 11 is 1.36. The third kappa shape index (κ3) is 4.29. The van der Waals surface area contributed by atoms with Gasteiger partial charge in [0.1, 0.15) is 0 Å². The summed E-state index contributed by atoms with van der Waals surface area (Å²) in [4.78, 5) is 43.4. The van der Waals surface area contributed by atoms with Gasteiger partial charge < -0.3 is 9.80 Å². The van der Waals surface area contributed by atoms with Crippen molar-refractivity contribution in [3.8, 4) is 0 Å². The van der Waals surface area contributed by atoms with Crippen LogP contribution in [0.25, 0.3) is 21.3 Å². The van der Waals surface area contributed by atoms with Crippen molar-refractivity contribution in [2.75, 3.05) is 38.5 Å². The number of aromatic nitrogens is 3. The molecule has 33 heavy (non-hydrogen) atoms. The van der Waals surface area contributed by atoms with E-state index in [1.807, 2.05) is 30.9 Å². The molecule has 2 amide bonds. The van der Waals surface area contributed by atoms with E-state index >= 15 is 0 Å². The number of aryl methyl sites for hydroxylation is 2. The van der Waals surface area contributed by atoms with Crippen molar-refractivity contribution in [1.82, 2.24) is 24.8 Å². The van der Waals surface area contributed by atoms with Crippen molar-refractivity contribution >= 4 is 49.5 Å². The largest absolute Gasteiger partial charge is 0.336 e. The quantitative estimate of drug-likeness (QED) is 0.503. The van der Waals surface area contributed by atoms with Gasteiger partial charge >= 0.3 is 0 Å². The molecule has 5 rings (SSSR count). The maximum atomic E-state index is 12.9. The number of piperazine rings is 1. The van der Waals surface area contributed by atoms with Crippen LogP contribution in [0.1, 0.15) is 32.1 Å². The normalized spacial score (nSPS) is 14.7. The van der Waals surface area contributed by atoms with Crippen molar-refractivity contribution in [3.63, 3.8) is 0 Å². The van der Waals surface area contributed by atoms with Gasteiger partial charge in [-0.1, -0.05) is 11.3 Å². The molecule has 1 aliphatic rings. The van der Waals surface area contributed by atoms with Crippen molar-refractivity contribution in [2.24, 2.45) is 0 Å². The number of amides is 2. The van der Waals surface area contributed by atoms with Crippen LogP contribution in [-0.4, -0.2) is 69.8 Å². The van der Waals surface area contributed by atoms with Crippen LogP contribution >= 0.6 is 11.3 Å². The summed E-state index contributed by atoms with van der Waals surface area (Å²) in [6.07, 6.45) is 0. The molecule has 168 valence electrons. The highest BCUT2D eigenvalue weighted by molar-refractivity contribution is 7.22. The van der Waals surface area contributed by atoms with Crippen molar-refractivity contribution in [1.29, 1.82) is 0 Å². The number of hydrogen-bond acceptors (Lipinski definition) is 7. The predicted octanol–water partition coefficient (Wildman–Crippen LogP) is 3.50. The number of anilines is 1. The first kappa shape index (κ1) is 21.4. The fourth-order valence-electron chi connectivity index (χ4n) is 3.84. The van der Waals surface area contributed by atoms with Gasteiger partial charge in [0.25, 0.3) is 11.8 Å². The van der Waals surface area contributed by atoms with Crippen molar-refractivity contribution in [2.45, 2.75) is 13.8 Å². The van der Waals surface area contributed by atoms with Crippen molar-refractivity contribution < 1.29 is 9.59 Å². The molecular weight excluding hydrogens is 436 g/mol. The van der Waals surface area contributed by atoms with Crippen LogP contribution in [-0.2, 0) is 0 Å². The fourth-order valence-corrected chi connectivity index (χ4v) is 4.74. The highest BCUT2D eigenvalue weighted by Crippen LogP contribution is 2.28. The van der Waals surface area contributed by atoms with Gasteiger partial charge in [-0.05, 0) is 57.3 Å². The zero-order valence-electron chi connectivity index (χ0n) is 18.8. The first-order valence-corrected chi connectivity index (χ1v) is 11.6. The van der Waals surface area contributed by atoms with Gasteiger partial charge in [-0.2, -0.15) is 0 Å². The smallest absolute Gasteiger partial charge is 0.257 e. The Bertz CT molecular complexity index is 1390. The summed E-state index contributed by atoms with van der Waals surface area (Å²) in [5, 5.41) is 3.37. The molecule has 1 N–H and O–H groups in total. The van der Waals surface area contributed by atoms with Crippen LogP contribution in [0.3, 0.4) is 0 Å². The van der Waals surface area contributed by atoms with Gasteiger partial charge in [-0.25, -0.2) is 15.0 Å². The van der Waals surface area contributed by atoms with E-state index in [2.05, 4.69) is 32.2 Å². The Morgan fingerprint density at radius 3 is 2.27 bits per heavy atom. The zero-order chi connectivity index (χ0) is 23.1. The molecule has 2 aromatic heterocycles. The van der Waals surface area contributed by atoms with Crippen LogP contribution in [0, 0.1) is 13.8 Å². The summed E-state index contributed by atoms with van der Waals surface area (Å²) < 4.78 is 0.862. The molecule has 0 unspecified atom stereocenters. The number of rotatable bonds is 3. The lowest BCUT2D eigenvalue weighted by molar-refractivity contribution is 0.0664. The lowest BCUT2D eigenvalue weighted by Gasteiger charge is -2.32. The van der Waals surface area contributed by atoms with Gasteiger partial charge in [0, 0.05) is 37.3 Å². The van der Waals surface area contributed by atoms with E-state index in [1.165, 1.54) is 11.3 Å². The van der Waals surface area contributed by atoms with E-state index in [0.717, 1.165) is 53.3 Å². The van der Waals surface area contributed by atoms with Gasteiger partial charge in [-0.3, -0.25) is 14.9 Å². The number of nitrogens with one attached hydrogen (secondary N) is 1. The van der Waals surface area contributed by atoms with Crippen LogP contribution in [0.2, 0.25) is 0 Å². The Kier molecular flexibility index (Phi) is 5.51. The summed E-state index contributed by atoms with van der Waals surface area (Å²) in [6, 6.07) is 10.8. The minimum absolute atomic E-state index is 0.0341. The Labute approximate surface area is 195 Å². The first-order valence-electron chi connectivity index (χ1n) is 10.8. The molecule has 0 spiro atoms. The molecular formula is C24H24N6O2S. The second kappa shape index (κ2) is 8.49. The Balaban J connectivity index is 1.35.